The van der Waals surface area contributed by atoms with E-state index in [2.05, 4.69) is 0 Å². The fourth-order valence-corrected chi connectivity index (χ4v) is 2.38. The molecule has 0 aromatic carbocycles. The van der Waals surface area contributed by atoms with Crippen LogP contribution in [0, 0.1) is 0 Å². The highest BCUT2D eigenvalue weighted by Gasteiger charge is 2.37. The van der Waals surface area contributed by atoms with E-state index in [1.807, 2.05) is 0 Å². The molecule has 4 nitrogen and oxygen atoms in total. The van der Waals surface area contributed by atoms with Crippen molar-refractivity contribution >= 4 is 0 Å². The van der Waals surface area contributed by atoms with E-state index in [1.165, 1.54) is 19.3 Å². The van der Waals surface area contributed by atoms with E-state index in [0.717, 1.165) is 12.8 Å². The van der Waals surface area contributed by atoms with Gasteiger partial charge in [-0.25, -0.2) is 0 Å². The van der Waals surface area contributed by atoms with Crippen LogP contribution in [0.4, 0.5) is 0 Å². The summed E-state index contributed by atoms with van der Waals surface area (Å²) in [7, 11) is 0. The van der Waals surface area contributed by atoms with Gasteiger partial charge in [0.15, 0.2) is 0 Å². The Hall–Kier alpha value is -0.160. The smallest absolute Gasteiger partial charge is 0.111 e. The number of hydrogen-bond donors (Lipinski definition) is 2. The predicted octanol–water partition coefficient (Wildman–Crippen LogP) is 0.456. The first-order valence-electron chi connectivity index (χ1n) is 5.87. The maximum Gasteiger partial charge on any atom is 0.111 e. The molecule has 88 valence electrons. The predicted molar refractivity (Wildman–Crippen MR) is 54.6 cm³/mol. The Balaban J connectivity index is 1.79. The van der Waals surface area contributed by atoms with Gasteiger partial charge >= 0.3 is 0 Å². The SMILES string of the molecule is OC[C@H]1OC[C@H](OC2CCCCC2)[C@H]1O. The molecule has 0 amide bonds. The van der Waals surface area contributed by atoms with Gasteiger partial charge in [-0.1, -0.05) is 19.3 Å². The van der Waals surface area contributed by atoms with Crippen LogP contribution in [0.15, 0.2) is 0 Å². The molecule has 2 aliphatic rings. The third-order valence-corrected chi connectivity index (χ3v) is 3.34. The zero-order chi connectivity index (χ0) is 10.7. The van der Waals surface area contributed by atoms with Gasteiger partial charge in [-0.15, -0.1) is 0 Å². The molecule has 2 fully saturated rings. The molecule has 1 aliphatic carbocycles. The summed E-state index contributed by atoms with van der Waals surface area (Å²) in [6.45, 7) is 0.272. The van der Waals surface area contributed by atoms with Crippen LogP contribution in [0.5, 0.6) is 0 Å². The van der Waals surface area contributed by atoms with Crippen molar-refractivity contribution in [1.82, 2.24) is 0 Å². The maximum atomic E-state index is 9.77. The molecule has 0 bridgehead atoms. The van der Waals surface area contributed by atoms with Gasteiger partial charge in [0.2, 0.25) is 0 Å². The summed E-state index contributed by atoms with van der Waals surface area (Å²) in [5, 5.41) is 18.7. The normalized spacial score (nSPS) is 38.4. The van der Waals surface area contributed by atoms with Crippen LogP contribution < -0.4 is 0 Å². The number of aliphatic hydroxyl groups excluding tert-OH is 2. The van der Waals surface area contributed by atoms with E-state index < -0.39 is 12.2 Å². The molecule has 0 aromatic rings. The third-order valence-electron chi connectivity index (χ3n) is 3.34. The van der Waals surface area contributed by atoms with Crippen LogP contribution in [-0.4, -0.2) is 47.8 Å². The Labute approximate surface area is 90.2 Å². The Morgan fingerprint density at radius 2 is 1.93 bits per heavy atom. The largest absolute Gasteiger partial charge is 0.394 e. The highest BCUT2D eigenvalue weighted by atomic mass is 16.6. The Morgan fingerprint density at radius 1 is 1.20 bits per heavy atom. The van der Waals surface area contributed by atoms with E-state index in [9.17, 15) is 5.11 Å². The second-order valence-electron chi connectivity index (χ2n) is 4.48. The molecule has 3 atom stereocenters. The number of rotatable bonds is 3. The summed E-state index contributed by atoms with van der Waals surface area (Å²) >= 11 is 0. The summed E-state index contributed by atoms with van der Waals surface area (Å²) in [4.78, 5) is 0. The lowest BCUT2D eigenvalue weighted by Crippen LogP contribution is -2.37. The highest BCUT2D eigenvalue weighted by Crippen LogP contribution is 2.25. The van der Waals surface area contributed by atoms with Crippen molar-refractivity contribution in [2.75, 3.05) is 13.2 Å². The molecule has 0 radical (unpaired) electrons. The number of hydrogen-bond acceptors (Lipinski definition) is 4. The molecular weight excluding hydrogens is 196 g/mol. The second kappa shape index (κ2) is 5.25. The standard InChI is InChI=1S/C11H20O4/c12-6-9-11(13)10(7-14-9)15-8-4-2-1-3-5-8/h8-13H,1-7H2/t9-,10+,11+/m1/s1. The molecule has 1 heterocycles. The van der Waals surface area contributed by atoms with Crippen LogP contribution in [0.1, 0.15) is 32.1 Å². The van der Waals surface area contributed by atoms with Crippen LogP contribution in [0.2, 0.25) is 0 Å². The maximum absolute atomic E-state index is 9.77. The molecule has 15 heavy (non-hydrogen) atoms. The van der Waals surface area contributed by atoms with Gasteiger partial charge in [-0.3, -0.25) is 0 Å². The first-order valence-corrected chi connectivity index (χ1v) is 5.87. The summed E-state index contributed by atoms with van der Waals surface area (Å²) in [6.07, 6.45) is 4.82. The lowest BCUT2D eigenvalue weighted by molar-refractivity contribution is -0.0729. The molecule has 2 rings (SSSR count). The van der Waals surface area contributed by atoms with Gasteiger partial charge in [-0.2, -0.15) is 0 Å². The topological polar surface area (TPSA) is 58.9 Å². The first kappa shape index (κ1) is 11.3. The quantitative estimate of drug-likeness (QED) is 0.719. The van der Waals surface area contributed by atoms with Crippen molar-refractivity contribution in [3.8, 4) is 0 Å². The Bertz CT molecular complexity index is 191. The van der Waals surface area contributed by atoms with Crippen molar-refractivity contribution in [2.45, 2.75) is 56.5 Å². The highest BCUT2D eigenvalue weighted by molar-refractivity contribution is 4.85. The summed E-state index contributed by atoms with van der Waals surface area (Å²) in [5.41, 5.74) is 0. The molecule has 1 saturated heterocycles. The summed E-state index contributed by atoms with van der Waals surface area (Å²) < 4.78 is 11.1. The van der Waals surface area contributed by atoms with E-state index in [0.29, 0.717) is 6.61 Å². The fourth-order valence-electron chi connectivity index (χ4n) is 2.38. The van der Waals surface area contributed by atoms with Gasteiger partial charge in [-0.05, 0) is 12.8 Å². The first-order chi connectivity index (χ1) is 7.31. The molecule has 0 unspecified atom stereocenters. The lowest BCUT2D eigenvalue weighted by Gasteiger charge is -2.26. The zero-order valence-electron chi connectivity index (χ0n) is 8.97. The molecule has 0 aromatic heterocycles. The van der Waals surface area contributed by atoms with Crippen molar-refractivity contribution in [1.29, 1.82) is 0 Å². The van der Waals surface area contributed by atoms with Crippen molar-refractivity contribution in [3.05, 3.63) is 0 Å². The molecule has 4 heteroatoms. The van der Waals surface area contributed by atoms with Crippen molar-refractivity contribution in [3.63, 3.8) is 0 Å². The van der Waals surface area contributed by atoms with Gasteiger partial charge in [0.1, 0.15) is 18.3 Å². The second-order valence-corrected chi connectivity index (χ2v) is 4.48. The third kappa shape index (κ3) is 2.69. The van der Waals surface area contributed by atoms with Crippen molar-refractivity contribution in [2.24, 2.45) is 0 Å². The molecule has 1 saturated carbocycles. The molecular formula is C11H20O4. The average Bonchev–Trinajstić information content (AvgIpc) is 2.62. The minimum absolute atomic E-state index is 0.133. The Morgan fingerprint density at radius 3 is 2.53 bits per heavy atom. The van der Waals surface area contributed by atoms with Gasteiger partial charge in [0.25, 0.3) is 0 Å². The van der Waals surface area contributed by atoms with Crippen LogP contribution >= 0.6 is 0 Å². The van der Waals surface area contributed by atoms with Crippen LogP contribution in [0.25, 0.3) is 0 Å². The number of aliphatic hydroxyl groups is 2. The molecule has 0 spiro atoms. The van der Waals surface area contributed by atoms with E-state index in [-0.39, 0.29) is 18.8 Å². The molecule has 2 N–H and O–H groups in total. The van der Waals surface area contributed by atoms with Gasteiger partial charge in [0, 0.05) is 0 Å². The minimum Gasteiger partial charge on any atom is -0.394 e. The van der Waals surface area contributed by atoms with Gasteiger partial charge in [0.05, 0.1) is 19.3 Å². The van der Waals surface area contributed by atoms with E-state index >= 15 is 0 Å². The van der Waals surface area contributed by atoms with Crippen LogP contribution in [0.3, 0.4) is 0 Å². The lowest BCUT2D eigenvalue weighted by atomic mass is 9.97. The van der Waals surface area contributed by atoms with Gasteiger partial charge < -0.3 is 19.7 Å². The van der Waals surface area contributed by atoms with Crippen molar-refractivity contribution < 1.29 is 19.7 Å². The Kier molecular flexibility index (Phi) is 3.97. The zero-order valence-corrected chi connectivity index (χ0v) is 8.97. The fraction of sp³-hybridized carbons (Fsp3) is 1.00. The molecule has 1 aliphatic heterocycles. The monoisotopic (exact) mass is 216 g/mol. The summed E-state index contributed by atoms with van der Waals surface area (Å²) in [5.74, 6) is 0. The van der Waals surface area contributed by atoms with Crippen LogP contribution in [-0.2, 0) is 9.47 Å². The van der Waals surface area contributed by atoms with E-state index in [4.69, 9.17) is 14.6 Å². The van der Waals surface area contributed by atoms with E-state index in [1.54, 1.807) is 0 Å². The number of ether oxygens (including phenoxy) is 2. The minimum atomic E-state index is -0.670. The summed E-state index contributed by atoms with van der Waals surface area (Å²) in [6, 6.07) is 0. The average molecular weight is 216 g/mol.